The molecule has 0 saturated carbocycles. The largest absolute Gasteiger partial charge is 0.493 e. The van der Waals surface area contributed by atoms with Gasteiger partial charge in [-0.1, -0.05) is 25.1 Å². The number of anilines is 1. The van der Waals surface area contributed by atoms with E-state index in [1.54, 1.807) is 0 Å². The molecule has 5 heteroatoms. The predicted octanol–water partition coefficient (Wildman–Crippen LogP) is 4.25. The van der Waals surface area contributed by atoms with E-state index in [9.17, 15) is 0 Å². The number of fused-ring (bicyclic) bond motifs is 5. The van der Waals surface area contributed by atoms with E-state index in [1.807, 2.05) is 53.2 Å². The van der Waals surface area contributed by atoms with Crippen molar-refractivity contribution < 1.29 is 9.47 Å². The summed E-state index contributed by atoms with van der Waals surface area (Å²) in [5.74, 6) is 1.83. The summed E-state index contributed by atoms with van der Waals surface area (Å²) in [6, 6.07) is 16.1. The molecular formula is C23H25N3O2. The number of hydrogen-bond acceptors (Lipinski definition) is 4. The molecule has 5 rings (SSSR count). The Hall–Kier alpha value is -2.95. The highest BCUT2D eigenvalue weighted by Crippen LogP contribution is 2.57. The molecule has 0 radical (unpaired) electrons. The number of benzene rings is 2. The first-order valence-electron chi connectivity index (χ1n) is 9.69. The smallest absolute Gasteiger partial charge is 0.221 e. The molecule has 3 aromatic rings. The van der Waals surface area contributed by atoms with Gasteiger partial charge in [-0.05, 0) is 51.1 Å². The van der Waals surface area contributed by atoms with Crippen molar-refractivity contribution in [2.75, 3.05) is 12.3 Å². The number of hydrogen-bond donors (Lipinski definition) is 1. The summed E-state index contributed by atoms with van der Waals surface area (Å²) < 4.78 is 14.7. The van der Waals surface area contributed by atoms with Crippen LogP contribution < -0.4 is 15.2 Å². The lowest BCUT2D eigenvalue weighted by atomic mass is 9.59. The van der Waals surface area contributed by atoms with Gasteiger partial charge in [0.2, 0.25) is 5.88 Å². The maximum Gasteiger partial charge on any atom is 0.221 e. The molecule has 0 aliphatic carbocycles. The van der Waals surface area contributed by atoms with E-state index in [4.69, 9.17) is 20.3 Å². The van der Waals surface area contributed by atoms with E-state index in [-0.39, 0.29) is 11.3 Å². The maximum atomic E-state index is 6.59. The fourth-order valence-corrected chi connectivity index (χ4v) is 5.07. The second-order valence-corrected chi connectivity index (χ2v) is 8.54. The molecule has 28 heavy (non-hydrogen) atoms. The maximum absolute atomic E-state index is 6.59. The van der Waals surface area contributed by atoms with Crippen LogP contribution in [0.2, 0.25) is 0 Å². The minimum atomic E-state index is -0.428. The van der Waals surface area contributed by atoms with Crippen LogP contribution in [0.3, 0.4) is 0 Å². The lowest BCUT2D eigenvalue weighted by Gasteiger charge is -2.52. The highest BCUT2D eigenvalue weighted by atomic mass is 16.5. The van der Waals surface area contributed by atoms with Gasteiger partial charge in [-0.2, -0.15) is 5.10 Å². The van der Waals surface area contributed by atoms with Crippen molar-refractivity contribution in [2.45, 2.75) is 38.7 Å². The Labute approximate surface area is 165 Å². The molecule has 144 valence electrons. The minimum Gasteiger partial charge on any atom is -0.493 e. The zero-order valence-corrected chi connectivity index (χ0v) is 16.7. The quantitative estimate of drug-likeness (QED) is 0.646. The summed E-state index contributed by atoms with van der Waals surface area (Å²) >= 11 is 0. The molecule has 0 spiro atoms. The third-order valence-electron chi connectivity index (χ3n) is 6.40. The van der Waals surface area contributed by atoms with Gasteiger partial charge in [0.1, 0.15) is 11.4 Å². The molecule has 2 atom stereocenters. The Balaban J connectivity index is 1.83. The lowest BCUT2D eigenvalue weighted by molar-refractivity contribution is -0.0440. The minimum absolute atomic E-state index is 0.133. The van der Waals surface area contributed by atoms with Crippen LogP contribution in [0.4, 0.5) is 5.69 Å². The van der Waals surface area contributed by atoms with E-state index in [0.717, 1.165) is 39.8 Å². The number of rotatable bonds is 1. The number of aryl methyl sites for hydroxylation is 1. The van der Waals surface area contributed by atoms with Crippen molar-refractivity contribution in [3.8, 4) is 17.3 Å². The van der Waals surface area contributed by atoms with Gasteiger partial charge >= 0.3 is 0 Å². The Bertz CT molecular complexity index is 1070. The van der Waals surface area contributed by atoms with Crippen LogP contribution in [0.15, 0.2) is 48.5 Å². The first kappa shape index (κ1) is 17.2. The van der Waals surface area contributed by atoms with Crippen LogP contribution in [0.25, 0.3) is 5.69 Å². The molecule has 0 saturated heterocycles. The molecular weight excluding hydrogens is 350 g/mol. The predicted molar refractivity (Wildman–Crippen MR) is 109 cm³/mol. The molecule has 0 unspecified atom stereocenters. The van der Waals surface area contributed by atoms with Crippen LogP contribution in [0, 0.1) is 12.8 Å². The van der Waals surface area contributed by atoms with E-state index < -0.39 is 5.60 Å². The summed E-state index contributed by atoms with van der Waals surface area (Å²) in [6.07, 6.45) is 0. The Kier molecular flexibility index (Phi) is 3.39. The van der Waals surface area contributed by atoms with Gasteiger partial charge in [-0.15, -0.1) is 0 Å². The van der Waals surface area contributed by atoms with E-state index in [0.29, 0.717) is 6.61 Å². The van der Waals surface area contributed by atoms with Crippen molar-refractivity contribution in [3.05, 3.63) is 65.4 Å². The Morgan fingerprint density at radius 3 is 2.61 bits per heavy atom. The molecule has 2 aliphatic rings. The van der Waals surface area contributed by atoms with Crippen molar-refractivity contribution in [3.63, 3.8) is 0 Å². The van der Waals surface area contributed by atoms with Gasteiger partial charge in [-0.3, -0.25) is 0 Å². The molecule has 2 aliphatic heterocycles. The van der Waals surface area contributed by atoms with Crippen LogP contribution in [-0.4, -0.2) is 22.0 Å². The van der Waals surface area contributed by atoms with Gasteiger partial charge < -0.3 is 15.2 Å². The van der Waals surface area contributed by atoms with E-state index >= 15 is 0 Å². The van der Waals surface area contributed by atoms with E-state index in [2.05, 4.69) is 27.7 Å². The number of nitrogens with two attached hydrogens (primary N) is 1. The van der Waals surface area contributed by atoms with Crippen molar-refractivity contribution >= 4 is 5.69 Å². The van der Waals surface area contributed by atoms with Crippen molar-refractivity contribution in [1.29, 1.82) is 0 Å². The number of nitrogen functional groups attached to an aromatic ring is 1. The zero-order valence-electron chi connectivity index (χ0n) is 16.7. The van der Waals surface area contributed by atoms with Gasteiger partial charge in [0.25, 0.3) is 0 Å². The fourth-order valence-electron chi connectivity index (χ4n) is 5.07. The molecule has 0 fully saturated rings. The fraction of sp³-hybridized carbons (Fsp3) is 0.348. The molecule has 0 amide bonds. The third-order valence-corrected chi connectivity index (χ3v) is 6.40. The summed E-state index contributed by atoms with van der Waals surface area (Å²) in [5.41, 5.74) is 10.4. The SMILES string of the molecule is Cc1nn(-c2ccccc2)c2c1[C@]1(C)c3cc(N)ccc3OC[C@@H]1C(C)(C)O2. The van der Waals surface area contributed by atoms with E-state index in [1.165, 1.54) is 0 Å². The third kappa shape index (κ3) is 2.16. The zero-order chi connectivity index (χ0) is 19.7. The van der Waals surface area contributed by atoms with Gasteiger partial charge in [0.15, 0.2) is 0 Å². The number of para-hydroxylation sites is 1. The van der Waals surface area contributed by atoms with Crippen molar-refractivity contribution in [2.24, 2.45) is 5.92 Å². The van der Waals surface area contributed by atoms with Crippen LogP contribution in [-0.2, 0) is 5.41 Å². The summed E-state index contributed by atoms with van der Waals surface area (Å²) in [7, 11) is 0. The van der Waals surface area contributed by atoms with Crippen LogP contribution in [0.1, 0.15) is 37.6 Å². The second-order valence-electron chi connectivity index (χ2n) is 8.54. The summed E-state index contributed by atoms with van der Waals surface area (Å²) in [5, 5.41) is 4.88. The van der Waals surface area contributed by atoms with Gasteiger partial charge in [-0.25, -0.2) is 4.68 Å². The average Bonchev–Trinajstić information content (AvgIpc) is 2.99. The standard InChI is InChI=1S/C23H25N3O2/c1-14-20-21(26(25-14)16-8-6-5-7-9-16)28-22(2,3)19-13-27-18-11-10-15(24)12-17(18)23(19,20)4/h5-12,19H,13,24H2,1-4H3/t19-,23-/m1/s1. The Morgan fingerprint density at radius 1 is 1.11 bits per heavy atom. The topological polar surface area (TPSA) is 62.3 Å². The number of nitrogens with zero attached hydrogens (tertiary/aromatic N) is 2. The molecule has 5 nitrogen and oxygen atoms in total. The number of ether oxygens (including phenoxy) is 2. The lowest BCUT2D eigenvalue weighted by Crippen LogP contribution is -2.57. The van der Waals surface area contributed by atoms with Crippen LogP contribution in [0.5, 0.6) is 11.6 Å². The highest BCUT2D eigenvalue weighted by molar-refractivity contribution is 5.60. The molecule has 3 heterocycles. The van der Waals surface area contributed by atoms with Crippen LogP contribution >= 0.6 is 0 Å². The number of aromatic nitrogens is 2. The average molecular weight is 375 g/mol. The normalized spacial score (nSPS) is 24.4. The molecule has 0 bridgehead atoms. The highest BCUT2D eigenvalue weighted by Gasteiger charge is 2.57. The Morgan fingerprint density at radius 2 is 1.86 bits per heavy atom. The van der Waals surface area contributed by atoms with Gasteiger partial charge in [0, 0.05) is 28.1 Å². The van der Waals surface area contributed by atoms with Crippen molar-refractivity contribution in [1.82, 2.24) is 9.78 Å². The second kappa shape index (κ2) is 5.53. The molecule has 2 aromatic carbocycles. The van der Waals surface area contributed by atoms with Gasteiger partial charge in [0.05, 0.1) is 18.0 Å². The summed E-state index contributed by atoms with van der Waals surface area (Å²) in [6.45, 7) is 9.21. The first-order valence-corrected chi connectivity index (χ1v) is 9.69. The monoisotopic (exact) mass is 375 g/mol. The first-order chi connectivity index (χ1) is 13.3. The molecule has 2 N–H and O–H groups in total. The molecule has 1 aromatic heterocycles. The summed E-state index contributed by atoms with van der Waals surface area (Å²) in [4.78, 5) is 0.